The number of nitrogens with zero attached hydrogens (tertiary/aromatic N) is 2. The Morgan fingerprint density at radius 3 is 1.67 bits per heavy atom. The molecule has 60 heavy (non-hydrogen) atoms. The lowest BCUT2D eigenvalue weighted by Crippen LogP contribution is -2.33. The quantitative estimate of drug-likeness (QED) is 0.0413. The van der Waals surface area contributed by atoms with Crippen molar-refractivity contribution < 1.29 is 66.0 Å². The van der Waals surface area contributed by atoms with Gasteiger partial charge in [0.1, 0.15) is 17.9 Å². The number of amides is 2. The number of aryl methyl sites for hydroxylation is 1. The second-order valence-electron chi connectivity index (χ2n) is 12.7. The van der Waals surface area contributed by atoms with Crippen LogP contribution in [0, 0.1) is 6.92 Å². The molecule has 324 valence electrons. The Balaban J connectivity index is 0.931. The zero-order valence-electron chi connectivity index (χ0n) is 33.1. The number of carbonyl (C=O) groups excluding carboxylic acids is 2. The fraction of sp³-hybridized carbons (Fsp3) is 0.400. The SMILES string of the molecule is Cc1cc(C(=O)NCCOCCOCCOCCOCCOCCOCCNC(=O)c2cccc(-c3cc(Nc4ccc(OC(F)(F)F)cc4)ncn3)c2)ccc1B(O)O. The lowest BCUT2D eigenvalue weighted by Gasteiger charge is -2.11. The molecule has 0 saturated carbocycles. The fourth-order valence-corrected chi connectivity index (χ4v) is 5.28. The molecule has 2 amide bonds. The summed E-state index contributed by atoms with van der Waals surface area (Å²) >= 11 is 0. The number of carbonyl (C=O) groups is 2. The summed E-state index contributed by atoms with van der Waals surface area (Å²) in [6, 6.07) is 18.4. The number of hydrogen-bond donors (Lipinski definition) is 5. The van der Waals surface area contributed by atoms with Crippen LogP contribution in [0.1, 0.15) is 26.3 Å². The van der Waals surface area contributed by atoms with E-state index in [4.69, 9.17) is 28.4 Å². The minimum absolute atomic E-state index is 0.274. The van der Waals surface area contributed by atoms with E-state index in [-0.39, 0.29) is 17.6 Å². The average Bonchev–Trinajstić information content (AvgIpc) is 3.22. The third-order valence-corrected chi connectivity index (χ3v) is 8.18. The molecule has 0 bridgehead atoms. The summed E-state index contributed by atoms with van der Waals surface area (Å²) in [4.78, 5) is 33.4. The van der Waals surface area contributed by atoms with Crippen molar-refractivity contribution in [3.8, 4) is 17.0 Å². The highest BCUT2D eigenvalue weighted by Gasteiger charge is 2.31. The van der Waals surface area contributed by atoms with E-state index in [0.29, 0.717) is 137 Å². The molecule has 1 heterocycles. The average molecular weight is 844 g/mol. The highest BCUT2D eigenvalue weighted by atomic mass is 19.4. The second-order valence-corrected chi connectivity index (χ2v) is 12.7. The number of ether oxygens (including phenoxy) is 7. The third kappa shape index (κ3) is 18.4. The zero-order chi connectivity index (χ0) is 43.0. The molecular formula is C40H49BF3N5O11. The molecule has 0 aliphatic rings. The molecule has 5 N–H and O–H groups in total. The molecule has 1 aromatic heterocycles. The van der Waals surface area contributed by atoms with Crippen molar-refractivity contribution in [3.63, 3.8) is 0 Å². The molecule has 0 radical (unpaired) electrons. The van der Waals surface area contributed by atoms with Gasteiger partial charge >= 0.3 is 13.5 Å². The van der Waals surface area contributed by atoms with Crippen LogP contribution in [0.4, 0.5) is 24.7 Å². The van der Waals surface area contributed by atoms with Crippen molar-refractivity contribution in [2.45, 2.75) is 13.3 Å². The van der Waals surface area contributed by atoms with Crippen molar-refractivity contribution >= 4 is 35.9 Å². The lowest BCUT2D eigenvalue weighted by molar-refractivity contribution is -0.274. The van der Waals surface area contributed by atoms with Crippen LogP contribution in [0.25, 0.3) is 11.3 Å². The van der Waals surface area contributed by atoms with Gasteiger partial charge in [-0.1, -0.05) is 23.8 Å². The summed E-state index contributed by atoms with van der Waals surface area (Å²) in [5, 5.41) is 27.2. The van der Waals surface area contributed by atoms with E-state index in [1.165, 1.54) is 42.7 Å². The van der Waals surface area contributed by atoms with Crippen LogP contribution in [0.5, 0.6) is 5.75 Å². The van der Waals surface area contributed by atoms with Gasteiger partial charge in [0, 0.05) is 41.5 Å². The molecule has 0 fully saturated rings. The number of hydrogen-bond acceptors (Lipinski definition) is 14. The molecule has 4 rings (SSSR count). The summed E-state index contributed by atoms with van der Waals surface area (Å²) in [7, 11) is -1.58. The molecule has 0 spiro atoms. The molecule has 0 unspecified atom stereocenters. The Kier molecular flexibility index (Phi) is 20.7. The van der Waals surface area contributed by atoms with E-state index in [0.717, 1.165) is 0 Å². The number of anilines is 2. The van der Waals surface area contributed by atoms with Gasteiger partial charge < -0.3 is 59.2 Å². The van der Waals surface area contributed by atoms with E-state index in [2.05, 4.69) is 30.7 Å². The maximum Gasteiger partial charge on any atom is 0.573 e. The Hall–Kier alpha value is -5.19. The Bertz CT molecular complexity index is 1890. The van der Waals surface area contributed by atoms with Crippen LogP contribution in [0.2, 0.25) is 0 Å². The Morgan fingerprint density at radius 1 is 0.650 bits per heavy atom. The number of benzene rings is 3. The van der Waals surface area contributed by atoms with Gasteiger partial charge in [0.2, 0.25) is 0 Å². The van der Waals surface area contributed by atoms with Crippen LogP contribution in [0.15, 0.2) is 79.1 Å². The van der Waals surface area contributed by atoms with Gasteiger partial charge in [0.05, 0.1) is 85.0 Å². The second kappa shape index (κ2) is 26.1. The van der Waals surface area contributed by atoms with Crippen LogP contribution in [0.3, 0.4) is 0 Å². The molecule has 3 aromatic carbocycles. The standard InChI is InChI=1S/C40H49BF3N5O11/c1-29-25-32(5-10-35(29)41(52)53)39(51)46-12-14-55-16-18-57-20-22-59-24-23-58-21-19-56-17-15-54-13-11-45-38(50)31-4-2-3-30(26-31)36-27-37(48-28-47-36)49-33-6-8-34(9-7-33)60-40(42,43)44/h2-10,25-28,52-53H,11-24H2,1H3,(H,45,50)(H,46,51)(H,47,48,49). The number of rotatable bonds is 28. The van der Waals surface area contributed by atoms with Crippen LogP contribution < -0.4 is 26.2 Å². The largest absolute Gasteiger partial charge is 0.573 e. The monoisotopic (exact) mass is 843 g/mol. The first-order valence-corrected chi connectivity index (χ1v) is 19.0. The van der Waals surface area contributed by atoms with Crippen molar-refractivity contribution in [1.82, 2.24) is 20.6 Å². The van der Waals surface area contributed by atoms with Crippen LogP contribution in [-0.2, 0) is 28.4 Å². The van der Waals surface area contributed by atoms with Gasteiger partial charge in [-0.05, 0) is 60.9 Å². The van der Waals surface area contributed by atoms with E-state index in [1.807, 2.05) is 0 Å². The highest BCUT2D eigenvalue weighted by Crippen LogP contribution is 2.26. The summed E-state index contributed by atoms with van der Waals surface area (Å²) in [6.07, 6.45) is -3.44. The molecule has 0 aliphatic carbocycles. The van der Waals surface area contributed by atoms with Gasteiger partial charge in [0.25, 0.3) is 11.8 Å². The zero-order valence-corrected chi connectivity index (χ0v) is 33.1. The van der Waals surface area contributed by atoms with E-state index < -0.39 is 13.5 Å². The van der Waals surface area contributed by atoms with E-state index >= 15 is 0 Å². The fourth-order valence-electron chi connectivity index (χ4n) is 5.28. The number of alkyl halides is 3. The predicted molar refractivity (Wildman–Crippen MR) is 214 cm³/mol. The Morgan fingerprint density at radius 2 is 1.17 bits per heavy atom. The van der Waals surface area contributed by atoms with Crippen LogP contribution >= 0.6 is 0 Å². The number of aromatic nitrogens is 2. The summed E-state index contributed by atoms with van der Waals surface area (Å²) < 4.78 is 74.1. The summed E-state index contributed by atoms with van der Waals surface area (Å²) in [5.74, 6) is -0.500. The van der Waals surface area contributed by atoms with Gasteiger partial charge in [-0.2, -0.15) is 0 Å². The first-order valence-electron chi connectivity index (χ1n) is 19.0. The van der Waals surface area contributed by atoms with Crippen molar-refractivity contribution in [2.75, 3.05) is 97.7 Å². The molecule has 0 atom stereocenters. The molecular weight excluding hydrogens is 794 g/mol. The number of nitrogens with one attached hydrogen (secondary N) is 3. The van der Waals surface area contributed by atoms with Gasteiger partial charge in [-0.25, -0.2) is 9.97 Å². The first-order chi connectivity index (χ1) is 29.0. The topological polar surface area (TPSA) is 201 Å². The van der Waals surface area contributed by atoms with Crippen LogP contribution in [-0.4, -0.2) is 138 Å². The number of halogens is 3. The normalized spacial score (nSPS) is 11.3. The smallest absolute Gasteiger partial charge is 0.423 e. The van der Waals surface area contributed by atoms with E-state index in [9.17, 15) is 32.8 Å². The van der Waals surface area contributed by atoms with Crippen molar-refractivity contribution in [3.05, 3.63) is 95.8 Å². The van der Waals surface area contributed by atoms with Gasteiger partial charge in [-0.3, -0.25) is 9.59 Å². The molecule has 4 aromatic rings. The third-order valence-electron chi connectivity index (χ3n) is 8.18. The van der Waals surface area contributed by atoms with Crippen molar-refractivity contribution in [1.29, 1.82) is 0 Å². The minimum atomic E-state index is -4.78. The summed E-state index contributed by atoms with van der Waals surface area (Å²) in [6.45, 7) is 6.82. The van der Waals surface area contributed by atoms with Gasteiger partial charge in [-0.15, -0.1) is 13.2 Å². The highest BCUT2D eigenvalue weighted by molar-refractivity contribution is 6.59. The predicted octanol–water partition coefficient (Wildman–Crippen LogP) is 3.03. The maximum absolute atomic E-state index is 12.8. The molecule has 16 nitrogen and oxygen atoms in total. The Labute approximate surface area is 345 Å². The molecule has 0 aliphatic heterocycles. The molecule has 20 heteroatoms. The first kappa shape index (κ1) is 47.5. The maximum atomic E-state index is 12.8. The van der Waals surface area contributed by atoms with E-state index in [1.54, 1.807) is 43.3 Å². The minimum Gasteiger partial charge on any atom is -0.423 e. The molecule has 0 saturated heterocycles. The van der Waals surface area contributed by atoms with Crippen molar-refractivity contribution in [2.24, 2.45) is 0 Å². The van der Waals surface area contributed by atoms with Gasteiger partial charge in [0.15, 0.2) is 0 Å². The lowest BCUT2D eigenvalue weighted by atomic mass is 9.77. The summed E-state index contributed by atoms with van der Waals surface area (Å²) in [5.41, 5.74) is 3.50.